The number of carboxylic acids is 1. The van der Waals surface area contributed by atoms with Crippen molar-refractivity contribution in [1.29, 1.82) is 0 Å². The molecule has 16 unspecified atom stereocenters. The van der Waals surface area contributed by atoms with Crippen molar-refractivity contribution in [3.8, 4) is 0 Å². The zero-order valence-corrected chi connectivity index (χ0v) is 25.0. The smallest absolute Gasteiger partial charge is 0.335 e. The molecule has 0 saturated carbocycles. The van der Waals surface area contributed by atoms with E-state index in [2.05, 4.69) is 0 Å². The van der Waals surface area contributed by atoms with Crippen LogP contribution >= 0.6 is 0 Å². The fourth-order valence-electron chi connectivity index (χ4n) is 2.42. The number of carbonyl (C=O) groups excluding carboxylic acids is 4. The van der Waals surface area contributed by atoms with Crippen LogP contribution < -0.4 is 0 Å². The molecule has 286 valence electrons. The standard InChI is InChI=1S/C6H10O7.2C6H12O6.C6H12O5/c7-1-2(8)3(9)4(10)5(11)6(12)13;2*7-1-3(9)5(11)6(12)4(10)2-8;1-3(8)5(10)6(11)4(9)2-7/h1-5,8-11H,(H,12,13);2*1,3-6,8-12H,2H2;2-6,8-11H,1H3. The van der Waals surface area contributed by atoms with E-state index in [4.69, 9.17) is 97.0 Å². The lowest BCUT2D eigenvalue weighted by Gasteiger charge is -2.22. The topological polar surface area (TPSA) is 470 Å². The van der Waals surface area contributed by atoms with Crippen molar-refractivity contribution in [2.75, 3.05) is 13.2 Å². The third-order valence-electron chi connectivity index (χ3n) is 5.59. The molecule has 0 aliphatic carbocycles. The first-order chi connectivity index (χ1) is 22.0. The molecule has 0 spiro atoms. The Morgan fingerprint density at radius 2 is 0.667 bits per heavy atom. The van der Waals surface area contributed by atoms with Crippen molar-refractivity contribution in [2.45, 2.75) is 105 Å². The molecule has 48 heavy (non-hydrogen) atoms. The summed E-state index contributed by atoms with van der Waals surface area (Å²) in [5, 5.41) is 165. The highest BCUT2D eigenvalue weighted by atomic mass is 16.4. The van der Waals surface area contributed by atoms with Gasteiger partial charge in [0.15, 0.2) is 31.2 Å². The van der Waals surface area contributed by atoms with Crippen molar-refractivity contribution in [3.05, 3.63) is 0 Å². The maximum absolute atomic E-state index is 10.1. The maximum atomic E-state index is 10.1. The molecule has 0 amide bonds. The van der Waals surface area contributed by atoms with E-state index in [1.165, 1.54) is 6.92 Å². The minimum Gasteiger partial charge on any atom is -0.479 e. The summed E-state index contributed by atoms with van der Waals surface area (Å²) in [6.45, 7) is -0.279. The summed E-state index contributed by atoms with van der Waals surface area (Å²) in [5.74, 6) is -1.76. The van der Waals surface area contributed by atoms with Crippen molar-refractivity contribution in [2.24, 2.45) is 0 Å². The Balaban J connectivity index is -0.000000269. The molecule has 0 radical (unpaired) electrons. The van der Waals surface area contributed by atoms with Gasteiger partial charge in [-0.05, 0) is 6.92 Å². The Morgan fingerprint density at radius 3 is 0.854 bits per heavy atom. The third kappa shape index (κ3) is 20.7. The second kappa shape index (κ2) is 28.3. The van der Waals surface area contributed by atoms with Crippen LogP contribution in [0.15, 0.2) is 0 Å². The van der Waals surface area contributed by atoms with E-state index in [1.807, 2.05) is 0 Å². The number of carbonyl (C=O) groups is 5. The van der Waals surface area contributed by atoms with Crippen molar-refractivity contribution >= 4 is 31.1 Å². The van der Waals surface area contributed by atoms with Gasteiger partial charge in [-0.25, -0.2) is 4.79 Å². The number of aldehydes is 4. The van der Waals surface area contributed by atoms with Gasteiger partial charge in [-0.3, -0.25) is 0 Å². The summed E-state index contributed by atoms with van der Waals surface area (Å²) in [6.07, 6.45) is -27.9. The molecule has 19 N–H and O–H groups in total. The fraction of sp³-hybridized carbons (Fsp3) is 0.792. The number of carboxylic acid groups (broad SMARTS) is 1. The lowest BCUT2D eigenvalue weighted by Crippen LogP contribution is -2.48. The van der Waals surface area contributed by atoms with Gasteiger partial charge in [0.05, 0.1) is 19.3 Å². The van der Waals surface area contributed by atoms with E-state index < -0.39 is 117 Å². The van der Waals surface area contributed by atoms with Gasteiger partial charge in [0.2, 0.25) is 0 Å². The molecule has 0 rings (SSSR count). The van der Waals surface area contributed by atoms with Gasteiger partial charge < -0.3 is 116 Å². The number of aliphatic hydroxyl groups is 18. The summed E-state index contributed by atoms with van der Waals surface area (Å²) < 4.78 is 0. The monoisotopic (exact) mass is 718 g/mol. The van der Waals surface area contributed by atoms with Crippen LogP contribution in [0.4, 0.5) is 0 Å². The molecule has 0 aromatic rings. The SMILES string of the molecule is CC(O)C(O)C(O)C(O)C=O.O=CC(O)C(O)C(O)C(O)C(=O)O.O=CC(O)C(O)C(O)C(O)CO.O=CC(O)C(O)C(O)C(O)CO. The average Bonchev–Trinajstić information content (AvgIpc) is 3.09. The normalized spacial score (nSPS) is 21.0. The van der Waals surface area contributed by atoms with Crippen molar-refractivity contribution in [3.63, 3.8) is 0 Å². The molecular formula is C24H46O24. The van der Waals surface area contributed by atoms with Crippen LogP contribution in [0.25, 0.3) is 0 Å². The Kier molecular flexibility index (Phi) is 30.8. The highest BCUT2D eigenvalue weighted by Gasteiger charge is 2.34. The molecule has 0 fully saturated rings. The van der Waals surface area contributed by atoms with Crippen LogP contribution in [0.2, 0.25) is 0 Å². The van der Waals surface area contributed by atoms with Crippen LogP contribution in [-0.2, 0) is 24.0 Å². The van der Waals surface area contributed by atoms with Crippen LogP contribution in [0.1, 0.15) is 6.92 Å². The largest absolute Gasteiger partial charge is 0.479 e. The van der Waals surface area contributed by atoms with Gasteiger partial charge in [0, 0.05) is 0 Å². The molecule has 0 aromatic heterocycles. The predicted octanol–water partition coefficient (Wildman–Crippen LogP) is -12.4. The fourth-order valence-corrected chi connectivity index (χ4v) is 2.42. The lowest BCUT2D eigenvalue weighted by atomic mass is 10.0. The first kappa shape index (κ1) is 52.2. The quantitative estimate of drug-likeness (QED) is 0.0551. The van der Waals surface area contributed by atoms with E-state index in [9.17, 15) is 24.0 Å². The van der Waals surface area contributed by atoms with Crippen LogP contribution in [0.3, 0.4) is 0 Å². The summed E-state index contributed by atoms with van der Waals surface area (Å²) in [5.41, 5.74) is 0. The van der Waals surface area contributed by atoms with Crippen molar-refractivity contribution < 1.29 is 121 Å². The average molecular weight is 719 g/mol. The van der Waals surface area contributed by atoms with E-state index in [0.29, 0.717) is 0 Å². The molecule has 0 heterocycles. The highest BCUT2D eigenvalue weighted by molar-refractivity contribution is 5.73. The van der Waals surface area contributed by atoms with Gasteiger partial charge in [0.1, 0.15) is 85.5 Å². The zero-order valence-electron chi connectivity index (χ0n) is 25.0. The van der Waals surface area contributed by atoms with Gasteiger partial charge in [-0.2, -0.15) is 0 Å². The van der Waals surface area contributed by atoms with Crippen LogP contribution in [0.5, 0.6) is 0 Å². The first-order valence-corrected chi connectivity index (χ1v) is 13.2. The third-order valence-corrected chi connectivity index (χ3v) is 5.59. The van der Waals surface area contributed by atoms with Crippen LogP contribution in [-0.4, -0.2) is 239 Å². The van der Waals surface area contributed by atoms with Crippen molar-refractivity contribution in [1.82, 2.24) is 0 Å². The molecule has 16 atom stereocenters. The Bertz CT molecular complexity index is 830. The molecule has 24 heteroatoms. The second-order valence-electron chi connectivity index (χ2n) is 9.45. The number of aliphatic carboxylic acids is 1. The maximum Gasteiger partial charge on any atom is 0.335 e. The lowest BCUT2D eigenvalue weighted by molar-refractivity contribution is -0.163. The molecule has 0 bridgehead atoms. The Morgan fingerprint density at radius 1 is 0.438 bits per heavy atom. The van der Waals surface area contributed by atoms with E-state index >= 15 is 0 Å². The molecule has 0 aromatic carbocycles. The zero-order chi connectivity index (χ0) is 39.1. The predicted molar refractivity (Wildman–Crippen MR) is 148 cm³/mol. The van der Waals surface area contributed by atoms with Gasteiger partial charge in [0.25, 0.3) is 0 Å². The van der Waals surface area contributed by atoms with Gasteiger partial charge in [-0.15, -0.1) is 0 Å². The first-order valence-electron chi connectivity index (χ1n) is 13.2. The number of hydrogen-bond acceptors (Lipinski definition) is 23. The molecule has 24 nitrogen and oxygen atoms in total. The molecule has 0 saturated heterocycles. The minimum absolute atomic E-state index is 0.0258. The van der Waals surface area contributed by atoms with Crippen LogP contribution in [0, 0.1) is 0 Å². The highest BCUT2D eigenvalue weighted by Crippen LogP contribution is 2.05. The number of hydrogen-bond donors (Lipinski definition) is 19. The summed E-state index contributed by atoms with van der Waals surface area (Å²) in [6, 6.07) is 0. The summed E-state index contributed by atoms with van der Waals surface area (Å²) in [4.78, 5) is 49.6. The number of aliphatic hydroxyl groups excluding tert-OH is 18. The number of rotatable bonds is 19. The van der Waals surface area contributed by atoms with E-state index in [-0.39, 0.29) is 25.1 Å². The molecule has 0 aliphatic rings. The second-order valence-corrected chi connectivity index (χ2v) is 9.45. The van der Waals surface area contributed by atoms with Gasteiger partial charge in [-0.1, -0.05) is 0 Å². The molecule has 0 aliphatic heterocycles. The Hall–Kier alpha value is -2.57. The minimum atomic E-state index is -2.25. The molecular weight excluding hydrogens is 672 g/mol. The van der Waals surface area contributed by atoms with E-state index in [1.54, 1.807) is 0 Å². The van der Waals surface area contributed by atoms with Gasteiger partial charge >= 0.3 is 5.97 Å². The summed E-state index contributed by atoms with van der Waals surface area (Å²) in [7, 11) is 0. The van der Waals surface area contributed by atoms with E-state index in [0.717, 1.165) is 0 Å². The summed E-state index contributed by atoms with van der Waals surface area (Å²) >= 11 is 0. The Labute approximate surface area is 270 Å².